The lowest BCUT2D eigenvalue weighted by molar-refractivity contribution is 0.239. The van der Waals surface area contributed by atoms with Crippen LogP contribution in [0.5, 0.6) is 5.75 Å². The Morgan fingerprint density at radius 1 is 1.11 bits per heavy atom. The molecule has 4 aromatic rings. The molecule has 6 nitrogen and oxygen atoms in total. The molecule has 0 amide bonds. The van der Waals surface area contributed by atoms with Gasteiger partial charge in [0.05, 0.1) is 18.4 Å². The summed E-state index contributed by atoms with van der Waals surface area (Å²) in [6.45, 7) is 0.767. The fourth-order valence-corrected chi connectivity index (χ4v) is 3.59. The van der Waals surface area contributed by atoms with Crippen LogP contribution in [0.1, 0.15) is 5.56 Å². The predicted molar refractivity (Wildman–Crippen MR) is 104 cm³/mol. The third-order valence-electron chi connectivity index (χ3n) is 4.90. The number of nitrogens with zero attached hydrogens (tertiary/aromatic N) is 5. The van der Waals surface area contributed by atoms with Gasteiger partial charge in [-0.1, -0.05) is 18.2 Å². The van der Waals surface area contributed by atoms with Crippen LogP contribution in [0.3, 0.4) is 0 Å². The van der Waals surface area contributed by atoms with Crippen LogP contribution in [-0.4, -0.2) is 39.3 Å². The van der Waals surface area contributed by atoms with Crippen LogP contribution in [0.2, 0.25) is 0 Å². The highest BCUT2D eigenvalue weighted by molar-refractivity contribution is 5.66. The summed E-state index contributed by atoms with van der Waals surface area (Å²) in [7, 11) is 2.07. The number of benzene rings is 1. The van der Waals surface area contributed by atoms with Crippen molar-refractivity contribution >= 4 is 11.5 Å². The lowest BCUT2D eigenvalue weighted by atomic mass is 10.1. The minimum atomic E-state index is 0.121. The Hall–Kier alpha value is -3.41. The summed E-state index contributed by atoms with van der Waals surface area (Å²) >= 11 is 0. The Bertz CT molecular complexity index is 1070. The molecule has 1 aromatic carbocycles. The average Bonchev–Trinajstić information content (AvgIpc) is 3.33. The number of anilines is 1. The maximum atomic E-state index is 6.11. The van der Waals surface area contributed by atoms with E-state index in [4.69, 9.17) is 9.72 Å². The molecule has 134 valence electrons. The fraction of sp³-hybridized carbons (Fsp3) is 0.190. The zero-order valence-electron chi connectivity index (χ0n) is 15.0. The summed E-state index contributed by atoms with van der Waals surface area (Å²) in [6.07, 6.45) is 6.38. The number of likely N-dealkylation sites (N-methyl/N-ethyl adjacent to an activating group) is 1. The summed E-state index contributed by atoms with van der Waals surface area (Å²) in [5, 5.41) is 4.45. The zero-order chi connectivity index (χ0) is 18.2. The Labute approximate surface area is 157 Å². The summed E-state index contributed by atoms with van der Waals surface area (Å²) in [4.78, 5) is 11.0. The smallest absolute Gasteiger partial charge is 0.157 e. The van der Waals surface area contributed by atoms with Crippen molar-refractivity contribution in [1.82, 2.24) is 19.6 Å². The van der Waals surface area contributed by atoms with E-state index >= 15 is 0 Å². The highest BCUT2D eigenvalue weighted by atomic mass is 16.5. The standard InChI is InChI=1S/C21H19N5O/c1-25(14-17-12-16-4-2-3-5-19(16)27-17)21-13-18(15-6-9-22-10-7-15)24-20-8-11-23-26(20)21/h2-11,13,17H,12,14H2,1H3. The molecular formula is C21H19N5O. The number of fused-ring (bicyclic) bond motifs is 2. The summed E-state index contributed by atoms with van der Waals surface area (Å²) in [5.41, 5.74) is 4.03. The van der Waals surface area contributed by atoms with Crippen molar-refractivity contribution in [2.45, 2.75) is 12.5 Å². The van der Waals surface area contributed by atoms with E-state index in [1.165, 1.54) is 5.56 Å². The summed E-state index contributed by atoms with van der Waals surface area (Å²) < 4.78 is 7.98. The molecule has 0 radical (unpaired) electrons. The number of hydrogen-bond acceptors (Lipinski definition) is 5. The van der Waals surface area contributed by atoms with Crippen molar-refractivity contribution in [3.8, 4) is 17.0 Å². The van der Waals surface area contributed by atoms with E-state index in [9.17, 15) is 0 Å². The van der Waals surface area contributed by atoms with Crippen molar-refractivity contribution in [1.29, 1.82) is 0 Å². The molecule has 0 spiro atoms. The molecule has 1 unspecified atom stereocenters. The summed E-state index contributed by atoms with van der Waals surface area (Å²) in [6, 6.07) is 16.2. The average molecular weight is 357 g/mol. The van der Waals surface area contributed by atoms with Crippen LogP contribution < -0.4 is 9.64 Å². The van der Waals surface area contributed by atoms with Crippen molar-refractivity contribution in [3.63, 3.8) is 0 Å². The van der Waals surface area contributed by atoms with Crippen LogP contribution in [0.4, 0.5) is 5.82 Å². The molecule has 5 rings (SSSR count). The van der Waals surface area contributed by atoms with Gasteiger partial charge in [-0.25, -0.2) is 4.98 Å². The molecular weight excluding hydrogens is 338 g/mol. The molecule has 1 aliphatic rings. The van der Waals surface area contributed by atoms with Crippen LogP contribution >= 0.6 is 0 Å². The van der Waals surface area contributed by atoms with Gasteiger partial charge in [0, 0.05) is 43.6 Å². The van der Waals surface area contributed by atoms with Crippen molar-refractivity contribution < 1.29 is 4.74 Å². The first-order valence-corrected chi connectivity index (χ1v) is 8.99. The highest BCUT2D eigenvalue weighted by Gasteiger charge is 2.24. The topological polar surface area (TPSA) is 55.5 Å². The number of para-hydroxylation sites is 1. The first-order valence-electron chi connectivity index (χ1n) is 8.99. The van der Waals surface area contributed by atoms with E-state index in [0.717, 1.165) is 41.4 Å². The number of hydrogen-bond donors (Lipinski definition) is 0. The van der Waals surface area contributed by atoms with E-state index in [0.29, 0.717) is 0 Å². The molecule has 0 aliphatic carbocycles. The van der Waals surface area contributed by atoms with Gasteiger partial charge in [-0.15, -0.1) is 0 Å². The number of pyridine rings is 1. The third kappa shape index (κ3) is 2.89. The number of rotatable bonds is 4. The molecule has 0 N–H and O–H groups in total. The number of aromatic nitrogens is 4. The molecule has 0 fully saturated rings. The second-order valence-electron chi connectivity index (χ2n) is 6.77. The van der Waals surface area contributed by atoms with Gasteiger partial charge in [0.15, 0.2) is 5.65 Å². The SMILES string of the molecule is CN(CC1Cc2ccccc2O1)c1cc(-c2ccncc2)nc2ccnn12. The van der Waals surface area contributed by atoms with Gasteiger partial charge in [0.2, 0.25) is 0 Å². The van der Waals surface area contributed by atoms with E-state index in [2.05, 4.69) is 40.2 Å². The molecule has 1 atom stereocenters. The molecule has 4 heterocycles. The monoisotopic (exact) mass is 357 g/mol. The van der Waals surface area contributed by atoms with Gasteiger partial charge in [-0.2, -0.15) is 9.61 Å². The molecule has 0 saturated carbocycles. The van der Waals surface area contributed by atoms with Gasteiger partial charge in [-0.3, -0.25) is 4.98 Å². The van der Waals surface area contributed by atoms with Crippen LogP contribution in [0, 0.1) is 0 Å². The first-order chi connectivity index (χ1) is 13.3. The van der Waals surface area contributed by atoms with Crippen LogP contribution in [0.15, 0.2) is 67.1 Å². The maximum absolute atomic E-state index is 6.11. The Morgan fingerprint density at radius 2 is 1.96 bits per heavy atom. The van der Waals surface area contributed by atoms with E-state index in [1.54, 1.807) is 18.6 Å². The Morgan fingerprint density at radius 3 is 2.81 bits per heavy atom. The fourth-order valence-electron chi connectivity index (χ4n) is 3.59. The molecule has 0 saturated heterocycles. The molecule has 1 aliphatic heterocycles. The van der Waals surface area contributed by atoms with Crippen molar-refractivity contribution in [2.75, 3.05) is 18.5 Å². The maximum Gasteiger partial charge on any atom is 0.157 e. The van der Waals surface area contributed by atoms with E-state index in [1.807, 2.05) is 34.8 Å². The van der Waals surface area contributed by atoms with Gasteiger partial charge >= 0.3 is 0 Å². The second-order valence-corrected chi connectivity index (χ2v) is 6.77. The van der Waals surface area contributed by atoms with Gasteiger partial charge < -0.3 is 9.64 Å². The molecule has 27 heavy (non-hydrogen) atoms. The second kappa shape index (κ2) is 6.39. The van der Waals surface area contributed by atoms with Gasteiger partial charge in [-0.05, 0) is 23.8 Å². The third-order valence-corrected chi connectivity index (χ3v) is 4.90. The van der Waals surface area contributed by atoms with Gasteiger partial charge in [0.25, 0.3) is 0 Å². The van der Waals surface area contributed by atoms with Crippen LogP contribution in [0.25, 0.3) is 16.9 Å². The molecule has 3 aromatic heterocycles. The van der Waals surface area contributed by atoms with Crippen molar-refractivity contribution in [3.05, 3.63) is 72.7 Å². The zero-order valence-corrected chi connectivity index (χ0v) is 15.0. The lowest BCUT2D eigenvalue weighted by Gasteiger charge is -2.24. The molecule has 0 bridgehead atoms. The summed E-state index contributed by atoms with van der Waals surface area (Å²) in [5.74, 6) is 1.98. The van der Waals surface area contributed by atoms with Crippen LogP contribution in [-0.2, 0) is 6.42 Å². The first kappa shape index (κ1) is 15.8. The Kier molecular flexibility index (Phi) is 3.74. The minimum Gasteiger partial charge on any atom is -0.488 e. The molecule has 6 heteroatoms. The number of ether oxygens (including phenoxy) is 1. The normalized spacial score (nSPS) is 15.5. The predicted octanol–water partition coefficient (Wildman–Crippen LogP) is 3.23. The largest absolute Gasteiger partial charge is 0.488 e. The van der Waals surface area contributed by atoms with E-state index in [-0.39, 0.29) is 6.10 Å². The van der Waals surface area contributed by atoms with E-state index < -0.39 is 0 Å². The quantitative estimate of drug-likeness (QED) is 0.561. The highest BCUT2D eigenvalue weighted by Crippen LogP contribution is 2.30. The Balaban J connectivity index is 1.46. The van der Waals surface area contributed by atoms with Gasteiger partial charge in [0.1, 0.15) is 17.7 Å². The minimum absolute atomic E-state index is 0.121. The lowest BCUT2D eigenvalue weighted by Crippen LogP contribution is -2.33. The van der Waals surface area contributed by atoms with Crippen molar-refractivity contribution in [2.24, 2.45) is 0 Å².